The van der Waals surface area contributed by atoms with Gasteiger partial charge in [0.2, 0.25) is 5.78 Å². The van der Waals surface area contributed by atoms with Crippen molar-refractivity contribution in [3.8, 4) is 0 Å². The largest absolute Gasteiger partial charge is 0.377 e. The van der Waals surface area contributed by atoms with Gasteiger partial charge >= 0.3 is 6.21 Å². The molecule has 1 saturated heterocycles. The van der Waals surface area contributed by atoms with E-state index in [1.54, 1.807) is 6.92 Å². The van der Waals surface area contributed by atoms with Gasteiger partial charge < -0.3 is 10.3 Å². The maximum Gasteiger partial charge on any atom is 0.323 e. The van der Waals surface area contributed by atoms with E-state index in [-0.39, 0.29) is 17.8 Å². The third kappa shape index (κ3) is 2.00. The number of nitrogens with zero attached hydrogens (tertiary/aromatic N) is 2. The van der Waals surface area contributed by atoms with E-state index in [1.165, 1.54) is 0 Å². The molecule has 0 N–H and O–H groups in total. The molecule has 0 radical (unpaired) electrons. The van der Waals surface area contributed by atoms with Crippen LogP contribution in [0.1, 0.15) is 19.8 Å². The van der Waals surface area contributed by atoms with Crippen LogP contribution in [0.3, 0.4) is 0 Å². The number of hydrogen-bond donors (Lipinski definition) is 0. The Morgan fingerprint density at radius 2 is 2.58 bits per heavy atom. The molecule has 0 bridgehead atoms. The van der Waals surface area contributed by atoms with Crippen molar-refractivity contribution in [1.29, 1.82) is 0 Å². The van der Waals surface area contributed by atoms with E-state index in [2.05, 4.69) is 4.79 Å². The fourth-order valence-corrected chi connectivity index (χ4v) is 1.35. The van der Waals surface area contributed by atoms with Gasteiger partial charge in [0, 0.05) is 6.61 Å². The normalized spacial score (nSPS) is 24.6. The molecule has 66 valence electrons. The molecule has 4 heteroatoms. The van der Waals surface area contributed by atoms with Crippen LogP contribution >= 0.6 is 0 Å². The van der Waals surface area contributed by atoms with Crippen molar-refractivity contribution >= 4 is 12.0 Å². The van der Waals surface area contributed by atoms with Crippen molar-refractivity contribution in [2.45, 2.75) is 25.9 Å². The predicted octanol–water partition coefficient (Wildman–Crippen LogP) is 0.671. The summed E-state index contributed by atoms with van der Waals surface area (Å²) in [6.07, 6.45) is 2.88. The summed E-state index contributed by atoms with van der Waals surface area (Å²) >= 11 is 0. The van der Waals surface area contributed by atoms with E-state index >= 15 is 0 Å². The molecule has 1 fully saturated rings. The first-order valence-electron chi connectivity index (χ1n) is 4.08. The Morgan fingerprint density at radius 3 is 3.08 bits per heavy atom. The lowest BCUT2D eigenvalue weighted by Crippen LogP contribution is -2.25. The number of Topliss-reactive ketones (excluding diaryl/α,β-unsaturated/α-hetero) is 1. The number of ether oxygens (including phenoxy) is 1. The standard InChI is InChI=1S/C8H12N2O2/c1-6(7(11)5-10-9)8-3-2-4-12-8/h5-6,8H,2-4H2,1H3/t6-,8-/m0/s1. The van der Waals surface area contributed by atoms with Crippen LogP contribution in [0.2, 0.25) is 0 Å². The number of carbonyl (C=O) groups excluding carboxylic acids is 1. The zero-order valence-corrected chi connectivity index (χ0v) is 7.06. The number of carbonyl (C=O) groups is 1. The van der Waals surface area contributed by atoms with E-state index in [0.717, 1.165) is 25.7 Å². The van der Waals surface area contributed by atoms with Crippen LogP contribution in [-0.2, 0) is 9.53 Å². The first kappa shape index (κ1) is 9.10. The molecular formula is C8H12N2O2. The molecular weight excluding hydrogens is 156 g/mol. The molecule has 0 aromatic carbocycles. The van der Waals surface area contributed by atoms with Gasteiger partial charge in [0.15, 0.2) is 0 Å². The van der Waals surface area contributed by atoms with E-state index in [1.807, 2.05) is 0 Å². The second-order valence-electron chi connectivity index (χ2n) is 2.99. The van der Waals surface area contributed by atoms with Gasteiger partial charge in [-0.15, -0.1) is 0 Å². The molecule has 0 saturated carbocycles. The van der Waals surface area contributed by atoms with Crippen LogP contribution in [0.4, 0.5) is 0 Å². The minimum absolute atomic E-state index is 0.00972. The Labute approximate surface area is 71.1 Å². The molecule has 0 amide bonds. The molecule has 2 atom stereocenters. The van der Waals surface area contributed by atoms with Crippen molar-refractivity contribution < 1.29 is 14.3 Å². The highest BCUT2D eigenvalue weighted by atomic mass is 16.5. The monoisotopic (exact) mass is 168 g/mol. The summed E-state index contributed by atoms with van der Waals surface area (Å²) < 4.78 is 5.32. The van der Waals surface area contributed by atoms with Crippen molar-refractivity contribution in [3.05, 3.63) is 5.53 Å². The van der Waals surface area contributed by atoms with Crippen molar-refractivity contribution in [3.63, 3.8) is 0 Å². The zero-order chi connectivity index (χ0) is 8.97. The smallest absolute Gasteiger partial charge is 0.323 e. The molecule has 1 aliphatic rings. The Morgan fingerprint density at radius 1 is 1.83 bits per heavy atom. The molecule has 1 heterocycles. The maximum absolute atomic E-state index is 11.1. The third-order valence-corrected chi connectivity index (χ3v) is 2.16. The van der Waals surface area contributed by atoms with Gasteiger partial charge in [0.1, 0.15) is 0 Å². The summed E-state index contributed by atoms with van der Waals surface area (Å²) in [7, 11) is 0. The molecule has 0 aliphatic carbocycles. The topological polar surface area (TPSA) is 62.7 Å². The minimum atomic E-state index is -0.191. The van der Waals surface area contributed by atoms with Gasteiger partial charge in [0.05, 0.1) is 12.0 Å². The highest BCUT2D eigenvalue weighted by Gasteiger charge is 2.28. The van der Waals surface area contributed by atoms with Gasteiger partial charge in [-0.25, -0.2) is 0 Å². The lowest BCUT2D eigenvalue weighted by atomic mass is 9.98. The van der Waals surface area contributed by atoms with Crippen LogP contribution in [-0.4, -0.2) is 29.5 Å². The SMILES string of the molecule is C[C@@H](C(=O)C=[N+]=[N-])[C@@H]1CCCO1. The molecule has 0 aromatic rings. The highest BCUT2D eigenvalue weighted by molar-refractivity contribution is 6.26. The van der Waals surface area contributed by atoms with E-state index in [0.29, 0.717) is 0 Å². The molecule has 0 spiro atoms. The van der Waals surface area contributed by atoms with E-state index < -0.39 is 0 Å². The summed E-state index contributed by atoms with van der Waals surface area (Å²) in [5, 5.41) is 0. The van der Waals surface area contributed by atoms with Crippen LogP contribution in [0.5, 0.6) is 0 Å². The summed E-state index contributed by atoms with van der Waals surface area (Å²) in [6, 6.07) is 0. The van der Waals surface area contributed by atoms with Gasteiger partial charge in [-0.3, -0.25) is 4.79 Å². The van der Waals surface area contributed by atoms with Crippen LogP contribution in [0.25, 0.3) is 5.53 Å². The minimum Gasteiger partial charge on any atom is -0.377 e. The van der Waals surface area contributed by atoms with Gasteiger partial charge in [-0.05, 0) is 12.8 Å². The second-order valence-corrected chi connectivity index (χ2v) is 2.99. The van der Waals surface area contributed by atoms with Crippen molar-refractivity contribution in [1.82, 2.24) is 0 Å². The maximum atomic E-state index is 11.1. The van der Waals surface area contributed by atoms with Crippen molar-refractivity contribution in [2.24, 2.45) is 5.92 Å². The molecule has 1 rings (SSSR count). The first-order valence-corrected chi connectivity index (χ1v) is 4.08. The lowest BCUT2D eigenvalue weighted by Gasteiger charge is -2.12. The van der Waals surface area contributed by atoms with Crippen LogP contribution < -0.4 is 0 Å². The fraction of sp³-hybridized carbons (Fsp3) is 0.750. The summed E-state index contributed by atoms with van der Waals surface area (Å²) in [5.74, 6) is -0.368. The number of hydrogen-bond acceptors (Lipinski definition) is 2. The number of ketones is 1. The number of rotatable bonds is 3. The zero-order valence-electron chi connectivity index (χ0n) is 7.06. The quantitative estimate of drug-likeness (QED) is 0.353. The average molecular weight is 168 g/mol. The summed E-state index contributed by atoms with van der Waals surface area (Å²) in [5.41, 5.74) is 8.14. The van der Waals surface area contributed by atoms with Gasteiger partial charge in [-0.2, -0.15) is 4.79 Å². The van der Waals surface area contributed by atoms with E-state index in [9.17, 15) is 4.79 Å². The molecule has 0 aromatic heterocycles. The summed E-state index contributed by atoms with van der Waals surface area (Å²) in [4.78, 5) is 13.8. The molecule has 1 aliphatic heterocycles. The summed E-state index contributed by atoms with van der Waals surface area (Å²) in [6.45, 7) is 2.53. The second kappa shape index (κ2) is 4.14. The lowest BCUT2D eigenvalue weighted by molar-refractivity contribution is -0.122. The predicted molar refractivity (Wildman–Crippen MR) is 42.8 cm³/mol. The van der Waals surface area contributed by atoms with Crippen LogP contribution in [0, 0.1) is 5.92 Å². The molecule has 4 nitrogen and oxygen atoms in total. The van der Waals surface area contributed by atoms with E-state index in [4.69, 9.17) is 10.3 Å². The average Bonchev–Trinajstić information content (AvgIpc) is 2.55. The Balaban J connectivity index is 2.50. The third-order valence-electron chi connectivity index (χ3n) is 2.16. The van der Waals surface area contributed by atoms with Crippen LogP contribution in [0.15, 0.2) is 0 Å². The fourth-order valence-electron chi connectivity index (χ4n) is 1.35. The Bertz CT molecular complexity index is 215. The Hall–Kier alpha value is -0.990. The first-order chi connectivity index (χ1) is 5.75. The molecule has 12 heavy (non-hydrogen) atoms. The highest BCUT2D eigenvalue weighted by Crippen LogP contribution is 2.19. The van der Waals surface area contributed by atoms with Gasteiger partial charge in [-0.1, -0.05) is 6.92 Å². The Kier molecular flexibility index (Phi) is 3.14. The van der Waals surface area contributed by atoms with Gasteiger partial charge in [0.25, 0.3) is 0 Å². The van der Waals surface area contributed by atoms with Crippen molar-refractivity contribution in [2.75, 3.05) is 6.61 Å². The molecule has 0 unspecified atom stereocenters.